The molecule has 2 heterocycles. The van der Waals surface area contributed by atoms with E-state index in [1.54, 1.807) is 0 Å². The third-order valence-corrected chi connectivity index (χ3v) is 3.93. The van der Waals surface area contributed by atoms with Gasteiger partial charge in [0.25, 0.3) is 5.91 Å². The van der Waals surface area contributed by atoms with Crippen molar-refractivity contribution in [2.24, 2.45) is 0 Å². The molecule has 0 spiro atoms. The van der Waals surface area contributed by atoms with E-state index in [9.17, 15) is 14.0 Å². The summed E-state index contributed by atoms with van der Waals surface area (Å²) >= 11 is 6.86. The SMILES string of the molecule is Cc1onc(-c2c(F)cccc2Cl)c1C(=O)Nc1nc(=O)[nH]s1. The molecular formula is C13H8ClFN4O3S. The Kier molecular flexibility index (Phi) is 3.97. The Balaban J connectivity index is 2.05. The summed E-state index contributed by atoms with van der Waals surface area (Å²) in [4.78, 5) is 26.9. The third kappa shape index (κ3) is 2.88. The Labute approximate surface area is 137 Å². The summed E-state index contributed by atoms with van der Waals surface area (Å²) in [6.45, 7) is 1.51. The zero-order valence-corrected chi connectivity index (χ0v) is 13.1. The van der Waals surface area contributed by atoms with Crippen LogP contribution in [0.2, 0.25) is 5.02 Å². The smallest absolute Gasteiger partial charge is 0.357 e. The van der Waals surface area contributed by atoms with Gasteiger partial charge in [-0.25, -0.2) is 9.18 Å². The lowest BCUT2D eigenvalue weighted by molar-refractivity contribution is 0.102. The van der Waals surface area contributed by atoms with Gasteiger partial charge in [0, 0.05) is 0 Å². The number of nitrogens with one attached hydrogen (secondary N) is 2. The van der Waals surface area contributed by atoms with Crippen molar-refractivity contribution in [2.75, 3.05) is 5.32 Å². The summed E-state index contributed by atoms with van der Waals surface area (Å²) in [5.74, 6) is -1.09. The Morgan fingerprint density at radius 3 is 2.91 bits per heavy atom. The van der Waals surface area contributed by atoms with Crippen molar-refractivity contribution in [1.82, 2.24) is 14.5 Å². The minimum atomic E-state index is -0.638. The first-order valence-electron chi connectivity index (χ1n) is 6.25. The minimum Gasteiger partial charge on any atom is -0.360 e. The van der Waals surface area contributed by atoms with Crippen molar-refractivity contribution in [3.05, 3.63) is 50.8 Å². The topological polar surface area (TPSA) is 101 Å². The number of nitrogens with zero attached hydrogens (tertiary/aromatic N) is 2. The first-order valence-corrected chi connectivity index (χ1v) is 7.44. The first kappa shape index (κ1) is 15.4. The molecule has 118 valence electrons. The van der Waals surface area contributed by atoms with Gasteiger partial charge in [-0.3, -0.25) is 14.5 Å². The van der Waals surface area contributed by atoms with E-state index in [1.807, 2.05) is 0 Å². The number of hydrogen-bond acceptors (Lipinski definition) is 6. The predicted molar refractivity (Wildman–Crippen MR) is 82.3 cm³/mol. The number of aromatic amines is 1. The molecule has 23 heavy (non-hydrogen) atoms. The molecule has 0 saturated carbocycles. The molecule has 10 heteroatoms. The Morgan fingerprint density at radius 1 is 1.48 bits per heavy atom. The Bertz CT molecular complexity index is 929. The number of aromatic nitrogens is 3. The molecule has 3 aromatic rings. The van der Waals surface area contributed by atoms with Crippen LogP contribution in [0.5, 0.6) is 0 Å². The van der Waals surface area contributed by atoms with Crippen LogP contribution in [0.3, 0.4) is 0 Å². The molecular weight excluding hydrogens is 347 g/mol. The lowest BCUT2D eigenvalue weighted by atomic mass is 10.1. The monoisotopic (exact) mass is 354 g/mol. The normalized spacial score (nSPS) is 10.7. The van der Waals surface area contributed by atoms with Crippen molar-refractivity contribution in [3.63, 3.8) is 0 Å². The highest BCUT2D eigenvalue weighted by Gasteiger charge is 2.26. The molecule has 0 bridgehead atoms. The van der Waals surface area contributed by atoms with Crippen LogP contribution in [0, 0.1) is 12.7 Å². The molecule has 0 saturated heterocycles. The van der Waals surface area contributed by atoms with E-state index >= 15 is 0 Å². The lowest BCUT2D eigenvalue weighted by Gasteiger charge is -2.05. The van der Waals surface area contributed by atoms with Gasteiger partial charge >= 0.3 is 5.69 Å². The van der Waals surface area contributed by atoms with E-state index in [-0.39, 0.29) is 32.7 Å². The van der Waals surface area contributed by atoms with E-state index in [0.29, 0.717) is 0 Å². The number of rotatable bonds is 3. The van der Waals surface area contributed by atoms with E-state index in [4.69, 9.17) is 16.1 Å². The number of amides is 1. The second-order valence-corrected chi connectivity index (χ2v) is 5.64. The fourth-order valence-electron chi connectivity index (χ4n) is 1.98. The van der Waals surface area contributed by atoms with Crippen LogP contribution >= 0.6 is 23.1 Å². The molecule has 0 aliphatic heterocycles. The molecule has 0 fully saturated rings. The predicted octanol–water partition coefficient (Wildman–Crippen LogP) is 2.84. The summed E-state index contributed by atoms with van der Waals surface area (Å²) in [6.07, 6.45) is 0. The van der Waals surface area contributed by atoms with E-state index in [1.165, 1.54) is 25.1 Å². The summed E-state index contributed by atoms with van der Waals surface area (Å²) in [5.41, 5.74) is -0.623. The number of carbonyl (C=O) groups is 1. The van der Waals surface area contributed by atoms with Crippen molar-refractivity contribution < 1.29 is 13.7 Å². The molecule has 0 atom stereocenters. The quantitative estimate of drug-likeness (QED) is 0.753. The van der Waals surface area contributed by atoms with Gasteiger partial charge in [0.2, 0.25) is 5.13 Å². The van der Waals surface area contributed by atoms with Crippen LogP contribution in [0.1, 0.15) is 16.1 Å². The zero-order chi connectivity index (χ0) is 16.6. The van der Waals surface area contributed by atoms with Gasteiger partial charge in [0.05, 0.1) is 10.6 Å². The molecule has 7 nitrogen and oxygen atoms in total. The molecule has 0 aliphatic carbocycles. The fraction of sp³-hybridized carbons (Fsp3) is 0.0769. The van der Waals surface area contributed by atoms with Crippen LogP contribution in [0.4, 0.5) is 9.52 Å². The second-order valence-electron chi connectivity index (χ2n) is 4.44. The Hall–Kier alpha value is -2.52. The van der Waals surface area contributed by atoms with E-state index in [2.05, 4.69) is 19.8 Å². The third-order valence-electron chi connectivity index (χ3n) is 2.95. The number of benzene rings is 1. The minimum absolute atomic E-state index is 0.0136. The Morgan fingerprint density at radius 2 is 2.26 bits per heavy atom. The van der Waals surface area contributed by atoms with Gasteiger partial charge in [-0.15, -0.1) is 0 Å². The maximum Gasteiger partial charge on any atom is 0.357 e. The molecule has 0 radical (unpaired) electrons. The molecule has 1 amide bonds. The number of carbonyl (C=O) groups excluding carboxylic acids is 1. The van der Waals surface area contributed by atoms with Crippen molar-refractivity contribution in [1.29, 1.82) is 0 Å². The first-order chi connectivity index (χ1) is 11.0. The maximum absolute atomic E-state index is 14.1. The number of hydrogen-bond donors (Lipinski definition) is 2. The second kappa shape index (κ2) is 5.94. The van der Waals surface area contributed by atoms with Crippen LogP contribution in [0.15, 0.2) is 27.5 Å². The van der Waals surface area contributed by atoms with Crippen LogP contribution in [0.25, 0.3) is 11.3 Å². The zero-order valence-electron chi connectivity index (χ0n) is 11.5. The van der Waals surface area contributed by atoms with Gasteiger partial charge in [0.1, 0.15) is 22.8 Å². The number of aryl methyl sites for hydroxylation is 1. The number of H-pyrrole nitrogens is 1. The fourth-order valence-corrected chi connectivity index (χ4v) is 2.73. The van der Waals surface area contributed by atoms with Crippen molar-refractivity contribution in [3.8, 4) is 11.3 Å². The molecule has 3 rings (SSSR count). The van der Waals surface area contributed by atoms with Crippen molar-refractivity contribution >= 4 is 34.2 Å². The summed E-state index contributed by atoms with van der Waals surface area (Å²) in [7, 11) is 0. The van der Waals surface area contributed by atoms with E-state index < -0.39 is 17.4 Å². The summed E-state index contributed by atoms with van der Waals surface area (Å²) in [6, 6.07) is 4.12. The van der Waals surface area contributed by atoms with Crippen molar-refractivity contribution in [2.45, 2.75) is 6.92 Å². The molecule has 2 N–H and O–H groups in total. The van der Waals surface area contributed by atoms with Crippen LogP contribution in [-0.2, 0) is 0 Å². The molecule has 1 aromatic carbocycles. The van der Waals surface area contributed by atoms with Gasteiger partial charge in [0.15, 0.2) is 0 Å². The van der Waals surface area contributed by atoms with Gasteiger partial charge in [-0.2, -0.15) is 4.98 Å². The molecule has 0 unspecified atom stereocenters. The van der Waals surface area contributed by atoms with Crippen LogP contribution < -0.4 is 11.0 Å². The maximum atomic E-state index is 14.1. The average molecular weight is 355 g/mol. The van der Waals surface area contributed by atoms with Crippen LogP contribution in [-0.4, -0.2) is 20.4 Å². The molecule has 0 aliphatic rings. The van der Waals surface area contributed by atoms with Gasteiger partial charge < -0.3 is 4.52 Å². The lowest BCUT2D eigenvalue weighted by Crippen LogP contribution is -2.14. The largest absolute Gasteiger partial charge is 0.360 e. The highest BCUT2D eigenvalue weighted by atomic mass is 35.5. The molecule has 2 aromatic heterocycles. The number of anilines is 1. The highest BCUT2D eigenvalue weighted by molar-refractivity contribution is 7.09. The van der Waals surface area contributed by atoms with Gasteiger partial charge in [-0.05, 0) is 30.6 Å². The number of halogens is 2. The van der Waals surface area contributed by atoms with E-state index in [0.717, 1.165) is 11.5 Å². The summed E-state index contributed by atoms with van der Waals surface area (Å²) < 4.78 is 21.4. The average Bonchev–Trinajstić information content (AvgIpc) is 3.05. The standard InChI is InChI=1S/C13H8ClFN4O3S/c1-5-8(11(20)16-13-17-12(21)19-23-13)10(18-22-5)9-6(14)3-2-4-7(9)15/h2-4H,1H3,(H2,16,17,19,20,21). The summed E-state index contributed by atoms with van der Waals surface area (Å²) in [5, 5.41) is 6.32. The highest BCUT2D eigenvalue weighted by Crippen LogP contribution is 2.33. The van der Waals surface area contributed by atoms with Gasteiger partial charge in [-0.1, -0.05) is 22.8 Å².